The first kappa shape index (κ1) is 16.4. The largest absolute Gasteiger partial charge is 0.300 e. The van der Waals surface area contributed by atoms with E-state index in [2.05, 4.69) is 0 Å². The molecular formula is C13H18O5. The first-order chi connectivity index (χ1) is 8.11. The smallest absolute Gasteiger partial charge is 0.141 e. The Labute approximate surface area is 106 Å². The van der Waals surface area contributed by atoms with E-state index < -0.39 is 46.7 Å². The van der Waals surface area contributed by atoms with E-state index in [9.17, 15) is 24.0 Å². The maximum atomic E-state index is 11.6. The molecule has 5 heteroatoms. The molecule has 0 saturated heterocycles. The summed E-state index contributed by atoms with van der Waals surface area (Å²) in [4.78, 5) is 57.6. The molecular weight excluding hydrogens is 236 g/mol. The van der Waals surface area contributed by atoms with Crippen LogP contribution in [0.5, 0.6) is 0 Å². The Morgan fingerprint density at radius 2 is 0.722 bits per heavy atom. The van der Waals surface area contributed by atoms with Crippen molar-refractivity contribution in [3.8, 4) is 0 Å². The predicted molar refractivity (Wildman–Crippen MR) is 63.9 cm³/mol. The highest BCUT2D eigenvalue weighted by atomic mass is 16.2. The quantitative estimate of drug-likeness (QED) is 0.627. The summed E-state index contributed by atoms with van der Waals surface area (Å²) in [6.45, 7) is 5.90. The van der Waals surface area contributed by atoms with Crippen LogP contribution in [0.25, 0.3) is 0 Å². The summed E-state index contributed by atoms with van der Waals surface area (Å²) in [5, 5.41) is 0. The molecule has 0 spiro atoms. The summed E-state index contributed by atoms with van der Waals surface area (Å²) in [5.74, 6) is -6.15. The molecule has 0 rings (SSSR count). The fraction of sp³-hybridized carbons (Fsp3) is 0.615. The zero-order valence-corrected chi connectivity index (χ0v) is 11.3. The van der Waals surface area contributed by atoms with Gasteiger partial charge in [-0.2, -0.15) is 0 Å². The fourth-order valence-corrected chi connectivity index (χ4v) is 2.25. The Morgan fingerprint density at radius 3 is 0.833 bits per heavy atom. The van der Waals surface area contributed by atoms with Gasteiger partial charge in [-0.3, -0.25) is 24.0 Å². The van der Waals surface area contributed by atoms with Gasteiger partial charge < -0.3 is 0 Å². The zero-order chi connectivity index (χ0) is 14.6. The third-order valence-electron chi connectivity index (χ3n) is 2.94. The van der Waals surface area contributed by atoms with Crippen molar-refractivity contribution in [3.05, 3.63) is 0 Å². The molecule has 0 aromatic rings. The molecule has 0 N–H and O–H groups in total. The van der Waals surface area contributed by atoms with Crippen LogP contribution in [0.2, 0.25) is 0 Å². The zero-order valence-electron chi connectivity index (χ0n) is 11.3. The van der Waals surface area contributed by atoms with Gasteiger partial charge in [0, 0.05) is 0 Å². The molecule has 100 valence electrons. The molecule has 0 bridgehead atoms. The summed E-state index contributed by atoms with van der Waals surface area (Å²) >= 11 is 0. The Kier molecular flexibility index (Phi) is 5.75. The molecule has 0 aliphatic heterocycles. The van der Waals surface area contributed by atoms with E-state index in [-0.39, 0.29) is 0 Å². The van der Waals surface area contributed by atoms with Gasteiger partial charge in [-0.25, -0.2) is 0 Å². The van der Waals surface area contributed by atoms with E-state index in [4.69, 9.17) is 0 Å². The van der Waals surface area contributed by atoms with Crippen LogP contribution < -0.4 is 0 Å². The van der Waals surface area contributed by atoms with Crippen LogP contribution in [-0.2, 0) is 24.0 Å². The second-order valence-corrected chi connectivity index (χ2v) is 4.53. The van der Waals surface area contributed by atoms with Gasteiger partial charge in [0.25, 0.3) is 0 Å². The highest BCUT2D eigenvalue weighted by molar-refractivity contribution is 6.10. The lowest BCUT2D eigenvalue weighted by Crippen LogP contribution is -2.42. The second-order valence-electron chi connectivity index (χ2n) is 4.53. The van der Waals surface area contributed by atoms with Crippen molar-refractivity contribution in [2.24, 2.45) is 17.8 Å². The topological polar surface area (TPSA) is 85.3 Å². The molecule has 0 heterocycles. The van der Waals surface area contributed by atoms with E-state index >= 15 is 0 Å². The number of Topliss-reactive ketones (excluding diaryl/α,β-unsaturated/α-hetero) is 5. The summed E-state index contributed by atoms with van der Waals surface area (Å²) < 4.78 is 0. The summed E-state index contributed by atoms with van der Waals surface area (Å²) in [6, 6.07) is 0. The standard InChI is InChI=1S/C13H18O5/c1-6(14)11(7(2)15)13(10(5)18)12(8(3)16)9(4)17/h11-13H,1-5H3. The van der Waals surface area contributed by atoms with Crippen LogP contribution >= 0.6 is 0 Å². The van der Waals surface area contributed by atoms with Crippen molar-refractivity contribution in [1.29, 1.82) is 0 Å². The molecule has 0 unspecified atom stereocenters. The van der Waals surface area contributed by atoms with Gasteiger partial charge in [0.05, 0.1) is 17.8 Å². The van der Waals surface area contributed by atoms with Gasteiger partial charge in [-0.15, -0.1) is 0 Å². The first-order valence-corrected chi connectivity index (χ1v) is 5.63. The average Bonchev–Trinajstić information content (AvgIpc) is 2.13. The van der Waals surface area contributed by atoms with Crippen molar-refractivity contribution >= 4 is 28.9 Å². The van der Waals surface area contributed by atoms with E-state index in [1.54, 1.807) is 0 Å². The summed E-state index contributed by atoms with van der Waals surface area (Å²) in [6.07, 6.45) is 0. The minimum atomic E-state index is -1.22. The summed E-state index contributed by atoms with van der Waals surface area (Å²) in [7, 11) is 0. The van der Waals surface area contributed by atoms with Crippen LogP contribution in [-0.4, -0.2) is 28.9 Å². The molecule has 0 atom stereocenters. The van der Waals surface area contributed by atoms with Gasteiger partial charge in [0.2, 0.25) is 0 Å². The second kappa shape index (κ2) is 6.33. The number of ketones is 5. The van der Waals surface area contributed by atoms with Crippen LogP contribution in [0.1, 0.15) is 34.6 Å². The minimum Gasteiger partial charge on any atom is -0.300 e. The Bertz CT molecular complexity index is 348. The van der Waals surface area contributed by atoms with E-state index in [1.165, 1.54) is 34.6 Å². The lowest BCUT2D eigenvalue weighted by atomic mass is 9.72. The predicted octanol–water partition coefficient (Wildman–Crippen LogP) is 0.780. The Morgan fingerprint density at radius 1 is 0.500 bits per heavy atom. The van der Waals surface area contributed by atoms with Crippen LogP contribution in [0.4, 0.5) is 0 Å². The van der Waals surface area contributed by atoms with Crippen LogP contribution in [0.3, 0.4) is 0 Å². The first-order valence-electron chi connectivity index (χ1n) is 5.63. The molecule has 5 nitrogen and oxygen atoms in total. The highest BCUT2D eigenvalue weighted by Crippen LogP contribution is 2.26. The molecule has 0 aliphatic carbocycles. The maximum absolute atomic E-state index is 11.6. The Balaban J connectivity index is 5.73. The molecule has 0 aliphatic rings. The SMILES string of the molecule is CC(=O)C(C(C)=O)C(C(C)=O)C(C(C)=O)C(C)=O. The van der Waals surface area contributed by atoms with Crippen molar-refractivity contribution < 1.29 is 24.0 Å². The number of rotatable bonds is 7. The molecule has 0 amide bonds. The molecule has 0 aromatic heterocycles. The van der Waals surface area contributed by atoms with E-state index in [0.717, 1.165) is 0 Å². The lowest BCUT2D eigenvalue weighted by molar-refractivity contribution is -0.145. The highest BCUT2D eigenvalue weighted by Gasteiger charge is 2.42. The van der Waals surface area contributed by atoms with Gasteiger partial charge in [0.1, 0.15) is 28.9 Å². The minimum absolute atomic E-state index is 0.499. The number of carbonyl (C=O) groups is 5. The van der Waals surface area contributed by atoms with Gasteiger partial charge in [-0.05, 0) is 34.6 Å². The third kappa shape index (κ3) is 3.68. The Hall–Kier alpha value is -1.65. The molecule has 18 heavy (non-hydrogen) atoms. The van der Waals surface area contributed by atoms with Gasteiger partial charge >= 0.3 is 0 Å². The maximum Gasteiger partial charge on any atom is 0.141 e. The van der Waals surface area contributed by atoms with Crippen molar-refractivity contribution in [1.82, 2.24) is 0 Å². The normalized spacial score (nSPS) is 10.9. The van der Waals surface area contributed by atoms with Crippen molar-refractivity contribution in [2.45, 2.75) is 34.6 Å². The van der Waals surface area contributed by atoms with Crippen molar-refractivity contribution in [2.75, 3.05) is 0 Å². The number of hydrogen-bond acceptors (Lipinski definition) is 5. The molecule has 0 aromatic carbocycles. The molecule has 0 radical (unpaired) electrons. The lowest BCUT2D eigenvalue weighted by Gasteiger charge is -2.26. The monoisotopic (exact) mass is 254 g/mol. The fourth-order valence-electron chi connectivity index (χ4n) is 2.25. The third-order valence-corrected chi connectivity index (χ3v) is 2.94. The van der Waals surface area contributed by atoms with Crippen LogP contribution in [0.15, 0.2) is 0 Å². The van der Waals surface area contributed by atoms with E-state index in [1.807, 2.05) is 0 Å². The average molecular weight is 254 g/mol. The van der Waals surface area contributed by atoms with Gasteiger partial charge in [-0.1, -0.05) is 0 Å². The van der Waals surface area contributed by atoms with E-state index in [0.29, 0.717) is 0 Å². The molecule has 0 fully saturated rings. The number of hydrogen-bond donors (Lipinski definition) is 0. The van der Waals surface area contributed by atoms with Crippen molar-refractivity contribution in [3.63, 3.8) is 0 Å². The van der Waals surface area contributed by atoms with Gasteiger partial charge in [0.15, 0.2) is 0 Å². The molecule has 0 saturated carbocycles. The number of carbonyl (C=O) groups excluding carboxylic acids is 5. The van der Waals surface area contributed by atoms with Crippen LogP contribution in [0, 0.1) is 17.8 Å². The summed E-state index contributed by atoms with van der Waals surface area (Å²) in [5.41, 5.74) is 0.